The molecule has 2 heterocycles. The van der Waals surface area contributed by atoms with Crippen LogP contribution in [0.3, 0.4) is 0 Å². The number of rotatable bonds is 13. The fourth-order valence-corrected chi connectivity index (χ4v) is 6.08. The normalized spacial score (nSPS) is 16.9. The number of carbonyl (C=O) groups excluding carboxylic acids is 2. The van der Waals surface area contributed by atoms with E-state index in [0.717, 1.165) is 96.1 Å². The molecular formula is C41H45N4O4+. The lowest BCUT2D eigenvalue weighted by atomic mass is 10.1. The molecule has 2 unspecified atom stereocenters. The van der Waals surface area contributed by atoms with Crippen molar-refractivity contribution in [2.75, 3.05) is 28.6 Å². The van der Waals surface area contributed by atoms with Crippen molar-refractivity contribution in [3.8, 4) is 11.5 Å². The maximum atomic E-state index is 13.1. The van der Waals surface area contributed by atoms with E-state index >= 15 is 0 Å². The number of benzene rings is 4. The Kier molecular flexibility index (Phi) is 10.8. The van der Waals surface area contributed by atoms with Gasteiger partial charge in [0.1, 0.15) is 0 Å². The number of quaternary nitrogens is 1. The van der Waals surface area contributed by atoms with Crippen LogP contribution in [0.25, 0.3) is 0 Å². The van der Waals surface area contributed by atoms with Crippen LogP contribution in [-0.2, 0) is 0 Å². The molecule has 2 aliphatic rings. The predicted octanol–water partition coefficient (Wildman–Crippen LogP) is 8.31. The number of nitrogens with zero attached hydrogens (tertiary/aromatic N) is 1. The topological polar surface area (TPSA) is 84.3 Å². The Morgan fingerprint density at radius 1 is 0.735 bits per heavy atom. The zero-order valence-corrected chi connectivity index (χ0v) is 28.5. The third-order valence-corrected chi connectivity index (χ3v) is 8.85. The highest BCUT2D eigenvalue weighted by Gasteiger charge is 2.34. The number of hydrogen-bond donors (Lipinski definition) is 3. The molecule has 252 valence electrons. The zero-order chi connectivity index (χ0) is 34.2. The minimum absolute atomic E-state index is 0.0241. The van der Waals surface area contributed by atoms with Crippen LogP contribution in [0.5, 0.6) is 11.5 Å². The minimum Gasteiger partial charge on any atom is -0.439 e. The van der Waals surface area contributed by atoms with Gasteiger partial charge in [0.05, 0.1) is 12.2 Å². The van der Waals surface area contributed by atoms with E-state index in [1.807, 2.05) is 97.1 Å². The van der Waals surface area contributed by atoms with E-state index in [4.69, 9.17) is 9.47 Å². The maximum absolute atomic E-state index is 13.1. The van der Waals surface area contributed by atoms with Gasteiger partial charge >= 0.3 is 0 Å². The van der Waals surface area contributed by atoms with E-state index < -0.39 is 0 Å². The van der Waals surface area contributed by atoms with E-state index in [0.29, 0.717) is 11.1 Å². The van der Waals surface area contributed by atoms with Crippen molar-refractivity contribution in [3.63, 3.8) is 0 Å². The summed E-state index contributed by atoms with van der Waals surface area (Å²) in [5.41, 5.74) is 4.55. The Hall–Kier alpha value is -5.34. The molecule has 0 aliphatic carbocycles. The average molecular weight is 658 g/mol. The van der Waals surface area contributed by atoms with Crippen molar-refractivity contribution in [1.29, 1.82) is 0 Å². The Morgan fingerprint density at radius 2 is 1.35 bits per heavy atom. The fraction of sp³-hybridized carbons (Fsp3) is 0.268. The molecule has 8 nitrogen and oxygen atoms in total. The Morgan fingerprint density at radius 3 is 1.96 bits per heavy atom. The van der Waals surface area contributed by atoms with Crippen LogP contribution >= 0.6 is 0 Å². The number of para-hydroxylation sites is 2. The second-order valence-corrected chi connectivity index (χ2v) is 12.4. The molecule has 0 spiro atoms. The summed E-state index contributed by atoms with van der Waals surface area (Å²) >= 11 is 0. The fourth-order valence-electron chi connectivity index (χ4n) is 6.08. The standard InChI is InChI=1S/C41H44N4O4/c1-4-7-23-44-34-27-30(40(46)42-32-15-11-9-12-16-32)19-21-36(34)48-38(44)25-29(6-3)26-39-45(24-8-5-2)35-28-31(20-22-37(35)49-39)41(47)43-33-17-13-10-14-18-33/h9-22,25-29H,4-8,23-24H2,1-3H3,(H,42,46)(H,43,47)/p+1. The smallest absolute Gasteiger partial charge is 0.297 e. The third-order valence-electron chi connectivity index (χ3n) is 8.85. The molecule has 0 aromatic heterocycles. The molecule has 4 aromatic rings. The molecule has 0 radical (unpaired) electrons. The lowest BCUT2D eigenvalue weighted by molar-refractivity contribution is -0.796. The molecule has 3 N–H and O–H groups in total. The van der Waals surface area contributed by atoms with Gasteiger partial charge < -0.3 is 25.0 Å². The Balaban J connectivity index is 1.25. The van der Waals surface area contributed by atoms with Crippen LogP contribution in [0.1, 0.15) is 73.6 Å². The molecule has 2 amide bonds. The summed E-state index contributed by atoms with van der Waals surface area (Å²) in [4.78, 5) is 29.6. The number of nitrogens with one attached hydrogen (secondary N) is 3. The Labute approximate surface area is 289 Å². The number of fused-ring (bicyclic) bond motifs is 2. The van der Waals surface area contributed by atoms with E-state index in [2.05, 4.69) is 48.5 Å². The van der Waals surface area contributed by atoms with Gasteiger partial charge in [0, 0.05) is 47.1 Å². The third kappa shape index (κ3) is 7.87. The van der Waals surface area contributed by atoms with E-state index in [-0.39, 0.29) is 17.7 Å². The van der Waals surface area contributed by atoms with Crippen molar-refractivity contribution in [3.05, 3.63) is 132 Å². The predicted molar refractivity (Wildman–Crippen MR) is 196 cm³/mol. The van der Waals surface area contributed by atoms with Crippen LogP contribution in [0.15, 0.2) is 121 Å². The largest absolute Gasteiger partial charge is 0.439 e. The molecule has 2 atom stereocenters. The number of amides is 2. The average Bonchev–Trinajstić information content (AvgIpc) is 3.65. The van der Waals surface area contributed by atoms with Gasteiger partial charge in [-0.25, -0.2) is 4.90 Å². The van der Waals surface area contributed by atoms with Crippen molar-refractivity contribution < 1.29 is 24.0 Å². The summed E-state index contributed by atoms with van der Waals surface area (Å²) in [5.74, 6) is 2.82. The van der Waals surface area contributed by atoms with Crippen LogP contribution in [0.4, 0.5) is 22.7 Å². The molecule has 6 rings (SSSR count). The van der Waals surface area contributed by atoms with Crippen LogP contribution in [-0.4, -0.2) is 24.9 Å². The molecule has 49 heavy (non-hydrogen) atoms. The SMILES string of the molecule is CCCCN1C(=CC(C=C2Oc3ccc(C(=O)Nc4ccccc4)cc3[NH+]2CCCC)CC)Oc2ccc(C(=O)Nc3ccccc3)cc21. The molecule has 0 saturated heterocycles. The van der Waals surface area contributed by atoms with Gasteiger partial charge in [-0.2, -0.15) is 0 Å². The summed E-state index contributed by atoms with van der Waals surface area (Å²) < 4.78 is 12.9. The number of unbranched alkanes of at least 4 members (excludes halogenated alkanes) is 2. The highest BCUT2D eigenvalue weighted by atomic mass is 16.5. The minimum atomic E-state index is -0.160. The molecule has 0 bridgehead atoms. The molecule has 8 heteroatoms. The van der Waals surface area contributed by atoms with Crippen LogP contribution < -0.4 is 29.9 Å². The second-order valence-electron chi connectivity index (χ2n) is 12.4. The monoisotopic (exact) mass is 657 g/mol. The first-order valence-electron chi connectivity index (χ1n) is 17.4. The summed E-state index contributed by atoms with van der Waals surface area (Å²) in [6, 6.07) is 30.3. The van der Waals surface area contributed by atoms with Crippen molar-refractivity contribution >= 4 is 34.6 Å². The van der Waals surface area contributed by atoms with E-state index in [1.165, 1.54) is 0 Å². The number of ether oxygens (including phenoxy) is 2. The zero-order valence-electron chi connectivity index (χ0n) is 28.5. The second kappa shape index (κ2) is 15.7. The van der Waals surface area contributed by atoms with Gasteiger partial charge in [0.2, 0.25) is 0 Å². The van der Waals surface area contributed by atoms with Gasteiger partial charge in [0.15, 0.2) is 23.1 Å². The number of hydrogen-bond acceptors (Lipinski definition) is 5. The van der Waals surface area contributed by atoms with Crippen LogP contribution in [0, 0.1) is 5.92 Å². The number of allylic oxidation sites excluding steroid dienone is 2. The van der Waals surface area contributed by atoms with Crippen molar-refractivity contribution in [1.82, 2.24) is 0 Å². The van der Waals surface area contributed by atoms with E-state index in [9.17, 15) is 9.59 Å². The highest BCUT2D eigenvalue weighted by molar-refractivity contribution is 6.05. The lowest BCUT2D eigenvalue weighted by Crippen LogP contribution is -3.04. The maximum Gasteiger partial charge on any atom is 0.297 e. The van der Waals surface area contributed by atoms with Gasteiger partial charge in [0.25, 0.3) is 17.7 Å². The molecular weight excluding hydrogens is 612 g/mol. The van der Waals surface area contributed by atoms with Crippen molar-refractivity contribution in [2.24, 2.45) is 5.92 Å². The molecule has 0 saturated carbocycles. The molecule has 4 aromatic carbocycles. The molecule has 0 fully saturated rings. The van der Waals surface area contributed by atoms with Gasteiger partial charge in [-0.15, -0.1) is 0 Å². The van der Waals surface area contributed by atoms with E-state index in [1.54, 1.807) is 0 Å². The quantitative estimate of drug-likeness (QED) is 0.135. The first kappa shape index (κ1) is 33.6. The van der Waals surface area contributed by atoms with Crippen LogP contribution in [0.2, 0.25) is 0 Å². The van der Waals surface area contributed by atoms with Gasteiger partial charge in [-0.3, -0.25) is 9.59 Å². The number of anilines is 3. The summed E-state index contributed by atoms with van der Waals surface area (Å²) in [7, 11) is 0. The first-order valence-corrected chi connectivity index (χ1v) is 17.4. The summed E-state index contributed by atoms with van der Waals surface area (Å²) in [6.07, 6.45) is 9.25. The molecule has 2 aliphatic heterocycles. The Bertz CT molecular complexity index is 1700. The van der Waals surface area contributed by atoms with Gasteiger partial charge in [-0.1, -0.05) is 70.0 Å². The summed E-state index contributed by atoms with van der Waals surface area (Å²) in [6.45, 7) is 8.13. The summed E-state index contributed by atoms with van der Waals surface area (Å²) in [5, 5.41) is 5.98. The number of carbonyl (C=O) groups is 2. The first-order chi connectivity index (χ1) is 24.0. The lowest BCUT2D eigenvalue weighted by Gasteiger charge is -2.20. The van der Waals surface area contributed by atoms with Gasteiger partial charge in [-0.05, 0) is 79.9 Å². The highest BCUT2D eigenvalue weighted by Crippen LogP contribution is 2.41. The van der Waals surface area contributed by atoms with Crippen molar-refractivity contribution in [2.45, 2.75) is 52.9 Å².